The topological polar surface area (TPSA) is 45.5 Å². The molecule has 1 aliphatic heterocycles. The maximum Gasteiger partial charge on any atom is 0.193 e. The van der Waals surface area contributed by atoms with Gasteiger partial charge in [0.1, 0.15) is 0 Å². The van der Waals surface area contributed by atoms with Crippen molar-refractivity contribution in [2.75, 3.05) is 26.7 Å². The van der Waals surface area contributed by atoms with Gasteiger partial charge in [-0.15, -0.1) is 24.0 Å². The van der Waals surface area contributed by atoms with E-state index in [0.717, 1.165) is 32.1 Å². The summed E-state index contributed by atoms with van der Waals surface area (Å²) in [7, 11) is 1.87. The lowest BCUT2D eigenvalue weighted by Gasteiger charge is -2.23. The van der Waals surface area contributed by atoms with Crippen molar-refractivity contribution in [3.63, 3.8) is 0 Å². The van der Waals surface area contributed by atoms with Gasteiger partial charge in [0.15, 0.2) is 5.96 Å². The van der Waals surface area contributed by atoms with E-state index in [-0.39, 0.29) is 24.0 Å². The molecule has 2 aromatic rings. The fraction of sp³-hybridized carbons (Fsp3) is 0.474. The summed E-state index contributed by atoms with van der Waals surface area (Å²) in [5, 5.41) is 7.80. The Morgan fingerprint density at radius 2 is 2.12 bits per heavy atom. The van der Waals surface area contributed by atoms with Crippen LogP contribution in [0, 0.1) is 5.92 Å². The first-order valence-corrected chi connectivity index (χ1v) is 8.74. The molecule has 0 amide bonds. The Labute approximate surface area is 167 Å². The van der Waals surface area contributed by atoms with E-state index in [1.807, 2.05) is 30.2 Å². The normalized spacial score (nSPS) is 18.7. The van der Waals surface area contributed by atoms with Crippen molar-refractivity contribution in [3.05, 3.63) is 54.4 Å². The summed E-state index contributed by atoms with van der Waals surface area (Å²) in [6, 6.07) is 12.8. The third-order valence-corrected chi connectivity index (χ3v) is 4.64. The molecule has 0 bridgehead atoms. The monoisotopic (exact) mass is 453 g/mol. The molecule has 1 N–H and O–H groups in total. The Balaban J connectivity index is 0.00000225. The summed E-state index contributed by atoms with van der Waals surface area (Å²) in [5.74, 6) is 2.11. The average Bonchev–Trinajstić information content (AvgIpc) is 3.28. The number of nitrogens with one attached hydrogen (secondary N) is 1. The lowest BCUT2D eigenvalue weighted by atomic mass is 9.99. The van der Waals surface area contributed by atoms with Crippen LogP contribution >= 0.6 is 24.0 Å². The molecular weight excluding hydrogens is 425 g/mol. The summed E-state index contributed by atoms with van der Waals surface area (Å²) < 4.78 is 1.98. The van der Waals surface area contributed by atoms with E-state index in [9.17, 15) is 0 Å². The van der Waals surface area contributed by atoms with Crippen molar-refractivity contribution >= 4 is 29.9 Å². The fourth-order valence-electron chi connectivity index (χ4n) is 3.34. The van der Waals surface area contributed by atoms with Crippen molar-refractivity contribution in [2.45, 2.75) is 25.8 Å². The highest BCUT2D eigenvalue weighted by Crippen LogP contribution is 2.26. The van der Waals surface area contributed by atoms with Crippen LogP contribution in [0.1, 0.15) is 24.8 Å². The van der Waals surface area contributed by atoms with Crippen molar-refractivity contribution in [3.8, 4) is 0 Å². The van der Waals surface area contributed by atoms with Gasteiger partial charge in [-0.2, -0.15) is 5.10 Å². The molecule has 0 spiro atoms. The van der Waals surface area contributed by atoms with Crippen LogP contribution in [0.4, 0.5) is 0 Å². The first-order chi connectivity index (χ1) is 11.8. The van der Waals surface area contributed by atoms with Crippen LogP contribution in [0.2, 0.25) is 0 Å². The number of likely N-dealkylation sites (tertiary alicyclic amines) is 1. The maximum atomic E-state index is 4.48. The first-order valence-electron chi connectivity index (χ1n) is 8.74. The predicted octanol–water partition coefficient (Wildman–Crippen LogP) is 3.20. The molecule has 6 heteroatoms. The minimum Gasteiger partial charge on any atom is -0.356 e. The minimum atomic E-state index is 0. The largest absolute Gasteiger partial charge is 0.356 e. The molecule has 2 heterocycles. The average molecular weight is 453 g/mol. The Morgan fingerprint density at radius 1 is 1.32 bits per heavy atom. The summed E-state index contributed by atoms with van der Waals surface area (Å²) in [4.78, 5) is 6.85. The van der Waals surface area contributed by atoms with E-state index in [1.165, 1.54) is 12.0 Å². The number of aromatic nitrogens is 2. The van der Waals surface area contributed by atoms with Crippen molar-refractivity contribution in [1.82, 2.24) is 20.0 Å². The van der Waals surface area contributed by atoms with E-state index in [0.29, 0.717) is 11.8 Å². The molecule has 3 rings (SSSR count). The smallest absolute Gasteiger partial charge is 0.193 e. The van der Waals surface area contributed by atoms with E-state index in [4.69, 9.17) is 0 Å². The lowest BCUT2D eigenvalue weighted by Crippen LogP contribution is -2.42. The lowest BCUT2D eigenvalue weighted by molar-refractivity contribution is 0.425. The van der Waals surface area contributed by atoms with E-state index in [1.54, 1.807) is 0 Å². The number of halogens is 1. The molecule has 1 saturated heterocycles. The molecule has 25 heavy (non-hydrogen) atoms. The van der Waals surface area contributed by atoms with Gasteiger partial charge in [-0.05, 0) is 24.0 Å². The molecule has 136 valence electrons. The molecule has 0 saturated carbocycles. The summed E-state index contributed by atoms with van der Waals surface area (Å²) in [6.45, 7) is 6.16. The van der Waals surface area contributed by atoms with Crippen LogP contribution in [0.15, 0.2) is 53.8 Å². The van der Waals surface area contributed by atoms with Gasteiger partial charge in [0.2, 0.25) is 0 Å². The zero-order valence-electron chi connectivity index (χ0n) is 15.0. The quantitative estimate of drug-likeness (QED) is 0.430. The Bertz CT molecular complexity index is 641. The minimum absolute atomic E-state index is 0. The van der Waals surface area contributed by atoms with Crippen LogP contribution in [0.3, 0.4) is 0 Å². The second kappa shape index (κ2) is 9.79. The summed E-state index contributed by atoms with van der Waals surface area (Å²) in [5.41, 5.74) is 1.43. The van der Waals surface area contributed by atoms with Crippen LogP contribution in [0.25, 0.3) is 0 Å². The molecular formula is C19H28IN5. The molecule has 2 atom stereocenters. The second-order valence-electron chi connectivity index (χ2n) is 6.60. The van der Waals surface area contributed by atoms with Gasteiger partial charge in [0, 0.05) is 51.5 Å². The molecule has 2 unspecified atom stereocenters. The molecule has 1 aromatic heterocycles. The van der Waals surface area contributed by atoms with E-state index in [2.05, 4.69) is 57.6 Å². The SMILES string of the molecule is CN=C(NCC(C)Cn1cccn1)N1CCC(c2ccccc2)C1.I. The number of hydrogen-bond acceptors (Lipinski definition) is 2. The van der Waals surface area contributed by atoms with Crippen molar-refractivity contribution in [1.29, 1.82) is 0 Å². The Morgan fingerprint density at radius 3 is 2.80 bits per heavy atom. The number of nitrogens with zero attached hydrogens (tertiary/aromatic N) is 4. The predicted molar refractivity (Wildman–Crippen MR) is 114 cm³/mol. The van der Waals surface area contributed by atoms with Crippen molar-refractivity contribution in [2.24, 2.45) is 10.9 Å². The van der Waals surface area contributed by atoms with E-state index < -0.39 is 0 Å². The van der Waals surface area contributed by atoms with E-state index >= 15 is 0 Å². The number of aliphatic imine (C=N–C) groups is 1. The molecule has 1 aliphatic rings. The summed E-state index contributed by atoms with van der Waals surface area (Å²) >= 11 is 0. The Kier molecular flexibility index (Phi) is 7.74. The fourth-order valence-corrected chi connectivity index (χ4v) is 3.34. The van der Waals surface area contributed by atoms with Gasteiger partial charge >= 0.3 is 0 Å². The highest BCUT2D eigenvalue weighted by Gasteiger charge is 2.25. The van der Waals surface area contributed by atoms with Gasteiger partial charge < -0.3 is 10.2 Å². The molecule has 5 nitrogen and oxygen atoms in total. The zero-order valence-corrected chi connectivity index (χ0v) is 17.3. The first kappa shape index (κ1) is 19.8. The van der Waals surface area contributed by atoms with Crippen LogP contribution < -0.4 is 5.32 Å². The number of hydrogen-bond donors (Lipinski definition) is 1. The van der Waals surface area contributed by atoms with Gasteiger partial charge in [-0.1, -0.05) is 37.3 Å². The Hall–Kier alpha value is -1.57. The molecule has 1 aromatic carbocycles. The van der Waals surface area contributed by atoms with Gasteiger partial charge in [0.25, 0.3) is 0 Å². The van der Waals surface area contributed by atoms with Crippen LogP contribution in [-0.4, -0.2) is 47.3 Å². The summed E-state index contributed by atoms with van der Waals surface area (Å²) in [6.07, 6.45) is 5.02. The third-order valence-electron chi connectivity index (χ3n) is 4.64. The number of guanidine groups is 1. The molecule has 1 fully saturated rings. The van der Waals surface area contributed by atoms with Crippen LogP contribution in [-0.2, 0) is 6.54 Å². The maximum absolute atomic E-state index is 4.48. The number of rotatable bonds is 5. The van der Waals surface area contributed by atoms with Gasteiger partial charge in [-0.3, -0.25) is 9.67 Å². The van der Waals surface area contributed by atoms with Crippen LogP contribution in [0.5, 0.6) is 0 Å². The van der Waals surface area contributed by atoms with Gasteiger partial charge in [-0.25, -0.2) is 0 Å². The highest BCUT2D eigenvalue weighted by atomic mass is 127. The van der Waals surface area contributed by atoms with Gasteiger partial charge in [0.05, 0.1) is 0 Å². The number of benzene rings is 1. The zero-order chi connectivity index (χ0) is 16.8. The highest BCUT2D eigenvalue weighted by molar-refractivity contribution is 14.0. The third kappa shape index (κ3) is 5.45. The molecule has 0 aliphatic carbocycles. The van der Waals surface area contributed by atoms with Crippen molar-refractivity contribution < 1.29 is 0 Å². The molecule has 0 radical (unpaired) electrons. The second-order valence-corrected chi connectivity index (χ2v) is 6.60. The standard InChI is InChI=1S/C19H27N5.HI/c1-16(14-24-11-6-10-22-24)13-21-19(20-2)23-12-9-18(15-23)17-7-4-3-5-8-17;/h3-8,10-11,16,18H,9,12-15H2,1-2H3,(H,20,21);1H.